The van der Waals surface area contributed by atoms with Gasteiger partial charge in [-0.05, 0) is 36.3 Å². The van der Waals surface area contributed by atoms with E-state index in [-0.39, 0.29) is 24.8 Å². The van der Waals surface area contributed by atoms with E-state index in [1.54, 1.807) is 31.2 Å². The number of anilines is 1. The van der Waals surface area contributed by atoms with Crippen LogP contribution in [0.2, 0.25) is 0 Å². The average Bonchev–Trinajstić information content (AvgIpc) is 2.62. The normalized spacial score (nSPS) is 12.7. The zero-order chi connectivity index (χ0) is 18.3. The molecule has 2 aromatic carbocycles. The maximum absolute atomic E-state index is 12.1. The summed E-state index contributed by atoms with van der Waals surface area (Å²) in [5.74, 6) is -0.465. The summed E-state index contributed by atoms with van der Waals surface area (Å²) >= 11 is 0. The molecule has 2 aromatic rings. The van der Waals surface area contributed by atoms with E-state index in [2.05, 4.69) is 17.2 Å². The highest BCUT2D eigenvalue weighted by molar-refractivity contribution is 5.98. The summed E-state index contributed by atoms with van der Waals surface area (Å²) in [6.07, 6.45) is 1.39. The highest BCUT2D eigenvalue weighted by Gasteiger charge is 2.23. The molecule has 0 radical (unpaired) electrons. The molecule has 5 nitrogen and oxygen atoms in total. The van der Waals surface area contributed by atoms with Gasteiger partial charge in [-0.15, -0.1) is 0 Å². The predicted molar refractivity (Wildman–Crippen MR) is 98.0 cm³/mol. The molecule has 0 aliphatic rings. The van der Waals surface area contributed by atoms with Crippen molar-refractivity contribution in [3.8, 4) is 0 Å². The van der Waals surface area contributed by atoms with Crippen LogP contribution in [-0.2, 0) is 21.6 Å². The van der Waals surface area contributed by atoms with Crippen LogP contribution in [0.3, 0.4) is 0 Å². The largest absolute Gasteiger partial charge is 0.384 e. The minimum Gasteiger partial charge on any atom is -0.384 e. The molecule has 0 saturated heterocycles. The van der Waals surface area contributed by atoms with Crippen LogP contribution in [0, 0.1) is 0 Å². The number of nitrogens with one attached hydrogen (secondary N) is 2. The Balaban J connectivity index is 1.88. The summed E-state index contributed by atoms with van der Waals surface area (Å²) in [7, 11) is 0. The minimum absolute atomic E-state index is 0.128. The van der Waals surface area contributed by atoms with Gasteiger partial charge in [-0.1, -0.05) is 49.0 Å². The van der Waals surface area contributed by atoms with Gasteiger partial charge in [0.05, 0.1) is 13.0 Å². The summed E-state index contributed by atoms with van der Waals surface area (Å²) in [5, 5.41) is 15.9. The third-order valence-corrected chi connectivity index (χ3v) is 3.80. The third-order valence-electron chi connectivity index (χ3n) is 3.80. The van der Waals surface area contributed by atoms with Crippen molar-refractivity contribution >= 4 is 17.5 Å². The van der Waals surface area contributed by atoms with Crippen LogP contribution < -0.4 is 10.6 Å². The van der Waals surface area contributed by atoms with Gasteiger partial charge in [-0.3, -0.25) is 9.59 Å². The van der Waals surface area contributed by atoms with Crippen molar-refractivity contribution < 1.29 is 14.7 Å². The van der Waals surface area contributed by atoms with Gasteiger partial charge in [0.15, 0.2) is 0 Å². The van der Waals surface area contributed by atoms with Crippen molar-refractivity contribution in [2.45, 2.75) is 18.9 Å². The van der Waals surface area contributed by atoms with E-state index in [9.17, 15) is 14.7 Å². The molecule has 0 bridgehead atoms. The molecule has 0 aliphatic carbocycles. The van der Waals surface area contributed by atoms with E-state index < -0.39 is 5.60 Å². The Bertz CT molecular complexity index is 737. The summed E-state index contributed by atoms with van der Waals surface area (Å²) in [4.78, 5) is 23.3. The van der Waals surface area contributed by atoms with E-state index in [1.165, 1.54) is 6.08 Å². The van der Waals surface area contributed by atoms with Gasteiger partial charge in [-0.25, -0.2) is 0 Å². The van der Waals surface area contributed by atoms with Gasteiger partial charge >= 0.3 is 0 Å². The molecular weight excluding hydrogens is 316 g/mol. The molecule has 0 spiro atoms. The van der Waals surface area contributed by atoms with Gasteiger partial charge in [0.1, 0.15) is 5.60 Å². The molecule has 0 saturated carbocycles. The maximum Gasteiger partial charge on any atom is 0.247 e. The number of carbonyl (C=O) groups is 2. The molecule has 2 rings (SSSR count). The molecule has 0 fully saturated rings. The fraction of sp³-hybridized carbons (Fsp3) is 0.200. The molecule has 2 amide bonds. The topological polar surface area (TPSA) is 78.4 Å². The lowest BCUT2D eigenvalue weighted by molar-refractivity contribution is -0.121. The number of amides is 2. The minimum atomic E-state index is -1.13. The highest BCUT2D eigenvalue weighted by atomic mass is 16.3. The van der Waals surface area contributed by atoms with Crippen molar-refractivity contribution in [1.82, 2.24) is 5.32 Å². The first-order valence-corrected chi connectivity index (χ1v) is 7.98. The summed E-state index contributed by atoms with van der Waals surface area (Å²) in [6, 6.07) is 16.2. The number of hydrogen-bond acceptors (Lipinski definition) is 3. The Morgan fingerprint density at radius 2 is 1.76 bits per heavy atom. The van der Waals surface area contributed by atoms with Crippen molar-refractivity contribution in [1.29, 1.82) is 0 Å². The molecular formula is C20H22N2O3. The molecule has 25 heavy (non-hydrogen) atoms. The second-order valence-electron chi connectivity index (χ2n) is 5.98. The first-order chi connectivity index (χ1) is 11.9. The number of benzene rings is 2. The van der Waals surface area contributed by atoms with Gasteiger partial charge in [0.25, 0.3) is 0 Å². The van der Waals surface area contributed by atoms with Gasteiger partial charge in [-0.2, -0.15) is 0 Å². The maximum atomic E-state index is 12.1. The fourth-order valence-corrected chi connectivity index (χ4v) is 2.32. The molecule has 0 heterocycles. The number of carbonyl (C=O) groups excluding carboxylic acids is 2. The lowest BCUT2D eigenvalue weighted by Gasteiger charge is -2.24. The van der Waals surface area contributed by atoms with Crippen molar-refractivity contribution in [3.63, 3.8) is 0 Å². The number of rotatable bonds is 7. The Labute approximate surface area is 147 Å². The zero-order valence-electron chi connectivity index (χ0n) is 14.2. The Morgan fingerprint density at radius 1 is 1.12 bits per heavy atom. The van der Waals surface area contributed by atoms with Crippen LogP contribution in [0.4, 0.5) is 5.69 Å². The van der Waals surface area contributed by atoms with Crippen LogP contribution in [0.5, 0.6) is 0 Å². The van der Waals surface area contributed by atoms with Crippen LogP contribution in [0.25, 0.3) is 0 Å². The van der Waals surface area contributed by atoms with Crippen LogP contribution in [0.15, 0.2) is 67.3 Å². The van der Waals surface area contributed by atoms with E-state index >= 15 is 0 Å². The summed E-state index contributed by atoms with van der Waals surface area (Å²) < 4.78 is 0. The first-order valence-electron chi connectivity index (χ1n) is 7.98. The van der Waals surface area contributed by atoms with Crippen LogP contribution >= 0.6 is 0 Å². The molecule has 0 aromatic heterocycles. The first kappa shape index (κ1) is 18.4. The Morgan fingerprint density at radius 3 is 2.36 bits per heavy atom. The lowest BCUT2D eigenvalue weighted by Crippen LogP contribution is -2.39. The van der Waals surface area contributed by atoms with Crippen molar-refractivity contribution in [2.24, 2.45) is 0 Å². The van der Waals surface area contributed by atoms with Gasteiger partial charge in [0, 0.05) is 5.69 Å². The van der Waals surface area contributed by atoms with Crippen LogP contribution in [0.1, 0.15) is 18.1 Å². The van der Waals surface area contributed by atoms with E-state index in [0.29, 0.717) is 5.69 Å². The Hall–Kier alpha value is -2.92. The molecule has 1 atom stereocenters. The standard InChI is InChI=1S/C20H22N2O3/c1-3-18(23)22-17-11-9-15(10-12-17)13-19(24)21-14-20(2,25)16-7-5-4-6-8-16/h3-12,25H,1,13-14H2,2H3,(H,21,24)(H,22,23). The Kier molecular flexibility index (Phi) is 6.08. The van der Waals surface area contributed by atoms with E-state index in [4.69, 9.17) is 0 Å². The molecule has 1 unspecified atom stereocenters. The van der Waals surface area contributed by atoms with E-state index in [0.717, 1.165) is 11.1 Å². The number of hydrogen-bond donors (Lipinski definition) is 3. The molecule has 0 aliphatic heterocycles. The highest BCUT2D eigenvalue weighted by Crippen LogP contribution is 2.19. The summed E-state index contributed by atoms with van der Waals surface area (Å²) in [6.45, 7) is 5.19. The smallest absolute Gasteiger partial charge is 0.247 e. The molecule has 3 N–H and O–H groups in total. The second kappa shape index (κ2) is 8.26. The lowest BCUT2D eigenvalue weighted by atomic mass is 9.96. The van der Waals surface area contributed by atoms with Gasteiger partial charge in [0.2, 0.25) is 11.8 Å². The van der Waals surface area contributed by atoms with E-state index in [1.807, 2.05) is 30.3 Å². The monoisotopic (exact) mass is 338 g/mol. The molecule has 130 valence electrons. The van der Waals surface area contributed by atoms with Crippen molar-refractivity contribution in [2.75, 3.05) is 11.9 Å². The molecule has 5 heteroatoms. The summed E-state index contributed by atoms with van der Waals surface area (Å²) in [5.41, 5.74) is 1.07. The second-order valence-corrected chi connectivity index (χ2v) is 5.98. The predicted octanol–water partition coefficient (Wildman–Crippen LogP) is 2.38. The SMILES string of the molecule is C=CC(=O)Nc1ccc(CC(=O)NCC(C)(O)c2ccccc2)cc1. The average molecular weight is 338 g/mol. The third kappa shape index (κ3) is 5.58. The van der Waals surface area contributed by atoms with Crippen molar-refractivity contribution in [3.05, 3.63) is 78.4 Å². The quantitative estimate of drug-likeness (QED) is 0.678. The van der Waals surface area contributed by atoms with Gasteiger partial charge < -0.3 is 15.7 Å². The fourth-order valence-electron chi connectivity index (χ4n) is 2.32. The zero-order valence-corrected chi connectivity index (χ0v) is 14.2. The number of aliphatic hydroxyl groups is 1. The van der Waals surface area contributed by atoms with Crippen LogP contribution in [-0.4, -0.2) is 23.5 Å².